The lowest BCUT2D eigenvalue weighted by molar-refractivity contribution is 0.669. The van der Waals surface area contributed by atoms with Crippen molar-refractivity contribution in [3.8, 4) is 22.3 Å². The molecule has 3 nitrogen and oxygen atoms in total. The Hall–Kier alpha value is -6.84. The molecule has 57 heavy (non-hydrogen) atoms. The number of benzene rings is 8. The van der Waals surface area contributed by atoms with Crippen LogP contribution in [-0.4, -0.2) is 0 Å². The summed E-state index contributed by atoms with van der Waals surface area (Å²) in [5, 5.41) is 2.19. The van der Waals surface area contributed by atoms with Gasteiger partial charge in [-0.1, -0.05) is 111 Å². The second kappa shape index (κ2) is 15.4. The Balaban J connectivity index is 1.09. The van der Waals surface area contributed by atoms with E-state index in [1.165, 1.54) is 44.5 Å². The van der Waals surface area contributed by atoms with Gasteiger partial charge in [0, 0.05) is 57.0 Å². The fourth-order valence-corrected chi connectivity index (χ4v) is 7.93. The fourth-order valence-electron chi connectivity index (χ4n) is 7.93. The van der Waals surface area contributed by atoms with Crippen LogP contribution in [0.4, 0.5) is 34.1 Å². The third-order valence-corrected chi connectivity index (χ3v) is 11.1. The first-order valence-electron chi connectivity index (χ1n) is 20.0. The summed E-state index contributed by atoms with van der Waals surface area (Å²) in [5.74, 6) is 0. The number of nitrogens with zero attached hydrogens (tertiary/aromatic N) is 2. The highest BCUT2D eigenvalue weighted by Crippen LogP contribution is 2.42. The maximum atomic E-state index is 6.76. The summed E-state index contributed by atoms with van der Waals surface area (Å²) in [5.41, 5.74) is 18.1. The zero-order valence-corrected chi connectivity index (χ0v) is 33.0. The third kappa shape index (κ3) is 7.21. The van der Waals surface area contributed by atoms with E-state index in [9.17, 15) is 0 Å². The van der Waals surface area contributed by atoms with Gasteiger partial charge >= 0.3 is 0 Å². The minimum atomic E-state index is 0.852. The van der Waals surface area contributed by atoms with Crippen LogP contribution < -0.4 is 9.80 Å². The highest BCUT2D eigenvalue weighted by molar-refractivity contribution is 6.07. The maximum absolute atomic E-state index is 6.76. The monoisotopic (exact) mass is 738 g/mol. The van der Waals surface area contributed by atoms with E-state index in [0.29, 0.717) is 0 Å². The van der Waals surface area contributed by atoms with Crippen molar-refractivity contribution in [3.05, 3.63) is 204 Å². The highest BCUT2D eigenvalue weighted by Gasteiger charge is 2.19. The van der Waals surface area contributed by atoms with Gasteiger partial charge < -0.3 is 14.2 Å². The van der Waals surface area contributed by atoms with Gasteiger partial charge in [0.05, 0.1) is 0 Å². The quantitative estimate of drug-likeness (QED) is 0.139. The zero-order valence-electron chi connectivity index (χ0n) is 33.0. The maximum Gasteiger partial charge on any atom is 0.137 e. The normalized spacial score (nSPS) is 11.3. The average molecular weight is 739 g/mol. The summed E-state index contributed by atoms with van der Waals surface area (Å²) in [6.45, 7) is 8.67. The Morgan fingerprint density at radius 3 is 1.04 bits per heavy atom. The van der Waals surface area contributed by atoms with Crippen molar-refractivity contribution in [3.63, 3.8) is 0 Å². The van der Waals surface area contributed by atoms with Gasteiger partial charge in [-0.2, -0.15) is 0 Å². The molecule has 0 aliphatic rings. The van der Waals surface area contributed by atoms with Crippen molar-refractivity contribution in [1.82, 2.24) is 0 Å². The molecule has 1 heterocycles. The Kier molecular flexibility index (Phi) is 9.66. The van der Waals surface area contributed by atoms with Crippen LogP contribution in [0.15, 0.2) is 186 Å². The molecule has 8 aromatic carbocycles. The van der Waals surface area contributed by atoms with Crippen molar-refractivity contribution in [2.75, 3.05) is 9.80 Å². The molecule has 0 N–H and O–H groups in total. The second-order valence-corrected chi connectivity index (χ2v) is 15.0. The lowest BCUT2D eigenvalue weighted by Gasteiger charge is -2.26. The third-order valence-electron chi connectivity index (χ3n) is 11.1. The molecular weight excluding hydrogens is 693 g/mol. The first-order chi connectivity index (χ1) is 27.9. The number of aryl methyl sites for hydroxylation is 4. The van der Waals surface area contributed by atoms with Crippen LogP contribution in [0.5, 0.6) is 0 Å². The standard InChI is InChI=1S/C54H46N2O/c1-5-39-13-17-41(18-14-39)43-21-25-45(26-22-43)55(47-11-7-9-37(3)33-47)49-29-31-51-52-32-30-50(36-54(52)57-53(51)35-49)56(48-12-8-10-38(4)34-48)46-27-23-44(24-28-46)42-19-15-40(6-2)16-20-42/h7-36H,5-6H2,1-4H3. The molecule has 0 fully saturated rings. The molecule has 0 atom stereocenters. The molecule has 0 spiro atoms. The molecule has 0 bridgehead atoms. The van der Waals surface area contributed by atoms with E-state index in [1.807, 2.05) is 0 Å². The summed E-state index contributed by atoms with van der Waals surface area (Å²) < 4.78 is 6.76. The predicted molar refractivity (Wildman–Crippen MR) is 242 cm³/mol. The van der Waals surface area contributed by atoms with Gasteiger partial charge in [0.1, 0.15) is 11.2 Å². The van der Waals surface area contributed by atoms with Gasteiger partial charge in [-0.05, 0) is 144 Å². The summed E-state index contributed by atoms with van der Waals surface area (Å²) >= 11 is 0. The Labute approximate surface area is 336 Å². The molecule has 9 aromatic rings. The van der Waals surface area contributed by atoms with Crippen LogP contribution in [0, 0.1) is 13.8 Å². The van der Waals surface area contributed by atoms with Gasteiger partial charge in [-0.3, -0.25) is 0 Å². The summed E-state index contributed by atoms with van der Waals surface area (Å²) in [4.78, 5) is 4.63. The average Bonchev–Trinajstić information content (AvgIpc) is 3.62. The Morgan fingerprint density at radius 2 is 0.684 bits per heavy atom. The van der Waals surface area contributed by atoms with Crippen molar-refractivity contribution < 1.29 is 4.42 Å². The van der Waals surface area contributed by atoms with E-state index >= 15 is 0 Å². The molecule has 1 aromatic heterocycles. The summed E-state index contributed by atoms with van der Waals surface area (Å²) in [7, 11) is 0. The van der Waals surface area contributed by atoms with Crippen LogP contribution >= 0.6 is 0 Å². The summed E-state index contributed by atoms with van der Waals surface area (Å²) in [6, 6.07) is 66.0. The van der Waals surface area contributed by atoms with E-state index < -0.39 is 0 Å². The van der Waals surface area contributed by atoms with Crippen LogP contribution in [-0.2, 0) is 12.8 Å². The molecule has 278 valence electrons. The number of hydrogen-bond acceptors (Lipinski definition) is 3. The van der Waals surface area contributed by atoms with Gasteiger partial charge in [0.15, 0.2) is 0 Å². The first kappa shape index (κ1) is 35.8. The lowest BCUT2D eigenvalue weighted by Crippen LogP contribution is -2.10. The van der Waals surface area contributed by atoms with E-state index in [4.69, 9.17) is 4.42 Å². The first-order valence-corrected chi connectivity index (χ1v) is 20.0. The van der Waals surface area contributed by atoms with E-state index in [0.717, 1.165) is 68.9 Å². The lowest BCUT2D eigenvalue weighted by atomic mass is 10.0. The molecule has 0 amide bonds. The molecule has 0 radical (unpaired) electrons. The minimum absolute atomic E-state index is 0.852. The van der Waals surface area contributed by atoms with Crippen molar-refractivity contribution in [2.24, 2.45) is 0 Å². The van der Waals surface area contributed by atoms with Crippen LogP contribution in [0.1, 0.15) is 36.1 Å². The fraction of sp³-hybridized carbons (Fsp3) is 0.111. The topological polar surface area (TPSA) is 19.6 Å². The second-order valence-electron chi connectivity index (χ2n) is 15.0. The zero-order chi connectivity index (χ0) is 38.9. The molecule has 0 saturated heterocycles. The number of fused-ring (bicyclic) bond motifs is 3. The van der Waals surface area contributed by atoms with Crippen LogP contribution in [0.2, 0.25) is 0 Å². The van der Waals surface area contributed by atoms with Gasteiger partial charge in [0.25, 0.3) is 0 Å². The van der Waals surface area contributed by atoms with E-state index in [-0.39, 0.29) is 0 Å². The van der Waals surface area contributed by atoms with E-state index in [1.54, 1.807) is 0 Å². The Bertz CT molecular complexity index is 2620. The van der Waals surface area contributed by atoms with Crippen molar-refractivity contribution in [2.45, 2.75) is 40.5 Å². The van der Waals surface area contributed by atoms with Gasteiger partial charge in [0.2, 0.25) is 0 Å². The number of rotatable bonds is 10. The SMILES string of the molecule is CCc1ccc(-c2ccc(N(c3cccc(C)c3)c3ccc4c(c3)oc3cc(N(c5ccc(-c6ccc(CC)cc6)cc5)c5cccc(C)c5)ccc34)cc2)cc1. The smallest absolute Gasteiger partial charge is 0.137 e. The van der Waals surface area contributed by atoms with Crippen LogP contribution in [0.3, 0.4) is 0 Å². The minimum Gasteiger partial charge on any atom is -0.456 e. The largest absolute Gasteiger partial charge is 0.456 e. The predicted octanol–water partition coefficient (Wildman–Crippen LogP) is 15.6. The molecule has 0 aliphatic carbocycles. The molecule has 9 rings (SSSR count). The number of furan rings is 1. The number of anilines is 6. The van der Waals surface area contributed by atoms with Crippen molar-refractivity contribution >= 4 is 56.1 Å². The number of hydrogen-bond donors (Lipinski definition) is 0. The molecule has 3 heteroatoms. The van der Waals surface area contributed by atoms with Crippen molar-refractivity contribution in [1.29, 1.82) is 0 Å². The molecular formula is C54H46N2O. The van der Waals surface area contributed by atoms with E-state index in [2.05, 4.69) is 219 Å². The van der Waals surface area contributed by atoms with Crippen LogP contribution in [0.25, 0.3) is 44.2 Å². The molecule has 0 unspecified atom stereocenters. The van der Waals surface area contributed by atoms with Gasteiger partial charge in [-0.25, -0.2) is 0 Å². The molecule has 0 aliphatic heterocycles. The molecule has 0 saturated carbocycles. The summed E-state index contributed by atoms with van der Waals surface area (Å²) in [6.07, 6.45) is 2.08. The van der Waals surface area contributed by atoms with Gasteiger partial charge in [-0.15, -0.1) is 0 Å². The highest BCUT2D eigenvalue weighted by atomic mass is 16.3. The Morgan fingerprint density at radius 1 is 0.351 bits per heavy atom.